The van der Waals surface area contributed by atoms with Gasteiger partial charge in [-0.25, -0.2) is 0 Å². The first kappa shape index (κ1) is 14.2. The van der Waals surface area contributed by atoms with Gasteiger partial charge in [-0.2, -0.15) is 0 Å². The number of nitrogens with one attached hydrogen (secondary N) is 1. The molecule has 0 aromatic carbocycles. The lowest BCUT2D eigenvalue weighted by molar-refractivity contribution is -0.126. The topological polar surface area (TPSA) is 72.5 Å². The van der Waals surface area contributed by atoms with Gasteiger partial charge in [0.1, 0.15) is 18.3 Å². The van der Waals surface area contributed by atoms with Crippen molar-refractivity contribution in [3.05, 3.63) is 24.0 Å². The van der Waals surface area contributed by atoms with Gasteiger partial charge < -0.3 is 19.6 Å². The van der Waals surface area contributed by atoms with Crippen LogP contribution in [-0.2, 0) is 19.1 Å². The van der Waals surface area contributed by atoms with Gasteiger partial charge in [0.25, 0.3) is 0 Å². The molecule has 0 aliphatic heterocycles. The Morgan fingerprint density at radius 2 is 2.39 bits per heavy atom. The Morgan fingerprint density at radius 1 is 1.61 bits per heavy atom. The van der Waals surface area contributed by atoms with Gasteiger partial charge in [-0.1, -0.05) is 6.08 Å². The Hall–Kier alpha value is -1.91. The van der Waals surface area contributed by atoms with Gasteiger partial charge in [0, 0.05) is 6.42 Å². The van der Waals surface area contributed by atoms with Crippen molar-refractivity contribution in [2.75, 3.05) is 7.11 Å². The Bertz CT molecular complexity index is 373. The van der Waals surface area contributed by atoms with Gasteiger partial charge in [0.15, 0.2) is 0 Å². The maximum absolute atomic E-state index is 11.8. The van der Waals surface area contributed by atoms with Crippen molar-refractivity contribution in [3.8, 4) is 0 Å². The SMILES string of the molecule is COC1=CCC(C(=O)N[C@H](C=O)CCC=O)C=C1. The molecule has 2 atom stereocenters. The summed E-state index contributed by atoms with van der Waals surface area (Å²) in [4.78, 5) is 32.8. The van der Waals surface area contributed by atoms with Crippen LogP contribution in [0, 0.1) is 5.92 Å². The van der Waals surface area contributed by atoms with Crippen molar-refractivity contribution in [1.82, 2.24) is 5.32 Å². The fourth-order valence-electron chi connectivity index (χ4n) is 1.66. The highest BCUT2D eigenvalue weighted by molar-refractivity contribution is 5.83. The van der Waals surface area contributed by atoms with Gasteiger partial charge in [0.2, 0.25) is 5.91 Å². The van der Waals surface area contributed by atoms with E-state index in [0.717, 1.165) is 12.0 Å². The van der Waals surface area contributed by atoms with Crippen LogP contribution in [0.2, 0.25) is 0 Å². The number of hydrogen-bond acceptors (Lipinski definition) is 4. The number of rotatable bonds is 7. The number of aldehydes is 2. The average Bonchev–Trinajstić information content (AvgIpc) is 2.43. The van der Waals surface area contributed by atoms with E-state index in [1.54, 1.807) is 19.3 Å². The second kappa shape index (κ2) is 7.42. The Labute approximate surface area is 106 Å². The van der Waals surface area contributed by atoms with E-state index in [4.69, 9.17) is 4.74 Å². The molecule has 1 N–H and O–H groups in total. The molecule has 0 bridgehead atoms. The summed E-state index contributed by atoms with van der Waals surface area (Å²) in [5.41, 5.74) is 0. The van der Waals surface area contributed by atoms with E-state index >= 15 is 0 Å². The first-order valence-electron chi connectivity index (χ1n) is 5.83. The van der Waals surface area contributed by atoms with E-state index in [-0.39, 0.29) is 18.2 Å². The zero-order chi connectivity index (χ0) is 13.4. The van der Waals surface area contributed by atoms with Crippen LogP contribution in [0.1, 0.15) is 19.3 Å². The van der Waals surface area contributed by atoms with Crippen LogP contribution in [0.4, 0.5) is 0 Å². The van der Waals surface area contributed by atoms with E-state index in [0.29, 0.717) is 19.1 Å². The van der Waals surface area contributed by atoms with Crippen LogP contribution < -0.4 is 5.32 Å². The summed E-state index contributed by atoms with van der Waals surface area (Å²) >= 11 is 0. The second-order valence-corrected chi connectivity index (χ2v) is 4.01. The Morgan fingerprint density at radius 3 is 2.89 bits per heavy atom. The molecule has 0 aromatic heterocycles. The van der Waals surface area contributed by atoms with Gasteiger partial charge in [-0.15, -0.1) is 0 Å². The minimum atomic E-state index is -0.594. The van der Waals surface area contributed by atoms with Crippen LogP contribution in [-0.4, -0.2) is 31.6 Å². The molecule has 0 fully saturated rings. The minimum Gasteiger partial charge on any atom is -0.497 e. The fourth-order valence-corrected chi connectivity index (χ4v) is 1.66. The lowest BCUT2D eigenvalue weighted by atomic mass is 9.98. The van der Waals surface area contributed by atoms with E-state index in [9.17, 15) is 14.4 Å². The summed E-state index contributed by atoms with van der Waals surface area (Å²) in [5.74, 6) is 0.232. The predicted octanol–water partition coefficient (Wildman–Crippen LogP) is 0.756. The molecular weight excluding hydrogens is 234 g/mol. The van der Waals surface area contributed by atoms with Crippen molar-refractivity contribution < 1.29 is 19.1 Å². The number of carbonyl (C=O) groups excluding carboxylic acids is 3. The molecule has 5 heteroatoms. The van der Waals surface area contributed by atoms with Crippen molar-refractivity contribution in [2.24, 2.45) is 5.92 Å². The monoisotopic (exact) mass is 251 g/mol. The maximum atomic E-state index is 11.8. The summed E-state index contributed by atoms with van der Waals surface area (Å²) in [6, 6.07) is -0.594. The number of carbonyl (C=O) groups is 3. The molecular formula is C13H17NO4. The third kappa shape index (κ3) is 4.16. The predicted molar refractivity (Wildman–Crippen MR) is 65.6 cm³/mol. The molecule has 0 radical (unpaired) electrons. The van der Waals surface area contributed by atoms with Crippen molar-refractivity contribution in [1.29, 1.82) is 0 Å². The molecule has 1 aliphatic rings. The first-order valence-corrected chi connectivity index (χ1v) is 5.83. The Kier molecular flexibility index (Phi) is 5.84. The minimum absolute atomic E-state index is 0.208. The highest BCUT2D eigenvalue weighted by Crippen LogP contribution is 2.17. The zero-order valence-corrected chi connectivity index (χ0v) is 10.3. The van der Waals surface area contributed by atoms with E-state index < -0.39 is 6.04 Å². The molecule has 5 nitrogen and oxygen atoms in total. The van der Waals surface area contributed by atoms with Crippen molar-refractivity contribution in [2.45, 2.75) is 25.3 Å². The molecule has 1 aliphatic carbocycles. The standard InChI is InChI=1S/C13H17NO4/c1-18-12-6-4-10(5-7-12)13(17)14-11(9-16)3-2-8-15/h4,6-11H,2-3,5H2,1H3,(H,14,17)/t10?,11-/m0/s1. The molecule has 0 saturated carbocycles. The van der Waals surface area contributed by atoms with Gasteiger partial charge in [0.05, 0.1) is 19.1 Å². The van der Waals surface area contributed by atoms with Crippen molar-refractivity contribution in [3.63, 3.8) is 0 Å². The van der Waals surface area contributed by atoms with Gasteiger partial charge in [-0.3, -0.25) is 4.79 Å². The summed E-state index contributed by atoms with van der Waals surface area (Å²) in [6.07, 6.45) is 7.84. The number of hydrogen-bond donors (Lipinski definition) is 1. The quantitative estimate of drug-likeness (QED) is 0.678. The van der Waals surface area contributed by atoms with E-state index in [2.05, 4.69) is 5.32 Å². The molecule has 0 aromatic rings. The van der Waals surface area contributed by atoms with Crippen LogP contribution in [0.5, 0.6) is 0 Å². The van der Waals surface area contributed by atoms with Gasteiger partial charge in [-0.05, 0) is 25.0 Å². The smallest absolute Gasteiger partial charge is 0.227 e. The van der Waals surface area contributed by atoms with E-state index in [1.807, 2.05) is 6.08 Å². The van der Waals surface area contributed by atoms with Crippen LogP contribution in [0.25, 0.3) is 0 Å². The van der Waals surface area contributed by atoms with E-state index in [1.165, 1.54) is 0 Å². The Balaban J connectivity index is 2.46. The lowest BCUT2D eigenvalue weighted by Crippen LogP contribution is -2.39. The highest BCUT2D eigenvalue weighted by atomic mass is 16.5. The lowest BCUT2D eigenvalue weighted by Gasteiger charge is -2.18. The second-order valence-electron chi connectivity index (χ2n) is 4.01. The summed E-state index contributed by atoms with van der Waals surface area (Å²) in [6.45, 7) is 0. The largest absolute Gasteiger partial charge is 0.497 e. The molecule has 1 rings (SSSR count). The third-order valence-corrected chi connectivity index (χ3v) is 2.73. The normalized spacial score (nSPS) is 19.6. The van der Waals surface area contributed by atoms with Crippen molar-refractivity contribution >= 4 is 18.5 Å². The number of methoxy groups -OCH3 is 1. The average molecular weight is 251 g/mol. The molecule has 98 valence electrons. The molecule has 18 heavy (non-hydrogen) atoms. The van der Waals surface area contributed by atoms with Crippen LogP contribution >= 0.6 is 0 Å². The third-order valence-electron chi connectivity index (χ3n) is 2.73. The molecule has 0 heterocycles. The van der Waals surface area contributed by atoms with Crippen LogP contribution in [0.3, 0.4) is 0 Å². The zero-order valence-electron chi connectivity index (χ0n) is 10.3. The maximum Gasteiger partial charge on any atom is 0.227 e. The molecule has 1 unspecified atom stereocenters. The summed E-state index contributed by atoms with van der Waals surface area (Å²) in [7, 11) is 1.57. The van der Waals surface area contributed by atoms with Gasteiger partial charge >= 0.3 is 0 Å². The molecule has 1 amide bonds. The fraction of sp³-hybridized carbons (Fsp3) is 0.462. The summed E-state index contributed by atoms with van der Waals surface area (Å²) < 4.78 is 5.02. The summed E-state index contributed by atoms with van der Waals surface area (Å²) in [5, 5.41) is 2.62. The number of allylic oxidation sites excluding steroid dienone is 2. The first-order chi connectivity index (χ1) is 8.71. The molecule has 0 saturated heterocycles. The van der Waals surface area contributed by atoms with Crippen LogP contribution in [0.15, 0.2) is 24.0 Å². The molecule has 0 spiro atoms. The highest BCUT2D eigenvalue weighted by Gasteiger charge is 2.20. The number of amides is 1. The number of ether oxygens (including phenoxy) is 1.